The Morgan fingerprint density at radius 2 is 0.391 bits per heavy atom. The zero-order valence-corrected chi connectivity index (χ0v) is 46.7. The molecule has 0 radical (unpaired) electrons. The van der Waals surface area contributed by atoms with Gasteiger partial charge >= 0.3 is 291 Å². The summed E-state index contributed by atoms with van der Waals surface area (Å²) >= 11 is -4.89. The molecule has 380 valence electrons. The van der Waals surface area contributed by atoms with E-state index in [0.29, 0.717) is 23.7 Å². The van der Waals surface area contributed by atoms with E-state index < -0.39 is 19.6 Å². The summed E-state index contributed by atoms with van der Waals surface area (Å²) in [6.45, 7) is 8.99. The fourth-order valence-corrected chi connectivity index (χ4v) is 16.1. The minimum Gasteiger partial charge on any atom is -0.0654 e. The molecule has 0 aromatic heterocycles. The first-order valence-electron chi connectivity index (χ1n) is 29.1. The molecule has 0 saturated heterocycles. The Morgan fingerprint density at radius 1 is 0.234 bits per heavy atom. The molecule has 0 aliphatic heterocycles. The number of hydrogen-bond acceptors (Lipinski definition) is 6. The van der Waals surface area contributed by atoms with Crippen LogP contribution in [0.15, 0.2) is 0 Å². The Morgan fingerprint density at radius 3 is 0.578 bits per heavy atom. The topological polar surface area (TPSA) is 78.9 Å². The molecule has 0 aliphatic rings. The van der Waals surface area contributed by atoms with Crippen LogP contribution >= 0.6 is 0 Å². The van der Waals surface area contributed by atoms with Crippen LogP contribution in [-0.4, -0.2) is 37.5 Å². The van der Waals surface area contributed by atoms with Gasteiger partial charge in [-0.25, -0.2) is 0 Å². The first kappa shape index (κ1) is 63.2. The van der Waals surface area contributed by atoms with Gasteiger partial charge in [-0.15, -0.1) is 0 Å². The first-order valence-corrected chi connectivity index (χ1v) is 34.6. The van der Waals surface area contributed by atoms with Crippen LogP contribution in [0.2, 0.25) is 4.44 Å². The van der Waals surface area contributed by atoms with Crippen LogP contribution in [0.25, 0.3) is 0 Å². The van der Waals surface area contributed by atoms with E-state index in [2.05, 4.69) is 27.7 Å². The van der Waals surface area contributed by atoms with Crippen molar-refractivity contribution in [3.63, 3.8) is 0 Å². The smallest absolute Gasteiger partial charge is 0.0654 e. The molecular weight excluding hydrogens is 899 g/mol. The standard InChI is InChI=1S/3C17H34O2.C6H13.Sn/c3*1-2-3-4-5-6-7-8-9-10-11-12-13-14-15-16-17(18)19;1-3-5-6-4-2;/h3*2-16H2,1H3,(H,18,19);1,3-6H2,2H3;/q;;;;+3/p-3. The third kappa shape index (κ3) is 46.3. The third-order valence-corrected chi connectivity index (χ3v) is 20.7. The van der Waals surface area contributed by atoms with Crippen molar-refractivity contribution < 1.29 is 23.6 Å². The third-order valence-electron chi connectivity index (χ3n) is 13.3. The van der Waals surface area contributed by atoms with Gasteiger partial charge in [0.1, 0.15) is 0 Å². The Balaban J connectivity index is 4.96. The molecule has 0 fully saturated rings. The minimum atomic E-state index is -4.89. The molecule has 0 heterocycles. The molecule has 0 unspecified atom stereocenters. The second-order valence-electron chi connectivity index (χ2n) is 20.0. The molecular formula is C57H112O6Sn. The summed E-state index contributed by atoms with van der Waals surface area (Å²) < 4.78 is 19.0. The predicted octanol–water partition coefficient (Wildman–Crippen LogP) is 19.7. The van der Waals surface area contributed by atoms with E-state index >= 15 is 0 Å². The quantitative estimate of drug-likeness (QED) is 0.0446. The van der Waals surface area contributed by atoms with Gasteiger partial charge in [-0.2, -0.15) is 0 Å². The molecule has 0 spiro atoms. The average molecular weight is 1010 g/mol. The van der Waals surface area contributed by atoms with Crippen LogP contribution in [0.3, 0.4) is 0 Å². The van der Waals surface area contributed by atoms with Gasteiger partial charge in [-0.05, 0) is 0 Å². The van der Waals surface area contributed by atoms with Crippen LogP contribution in [0.5, 0.6) is 0 Å². The number of carbonyl (C=O) groups excluding carboxylic acids is 3. The summed E-state index contributed by atoms with van der Waals surface area (Å²) in [5, 5.41) is 0. The molecule has 6 nitrogen and oxygen atoms in total. The van der Waals surface area contributed by atoms with E-state index in [0.717, 1.165) is 83.5 Å². The second kappa shape index (κ2) is 51.6. The molecule has 0 N–H and O–H groups in total. The Bertz CT molecular complexity index is 875. The molecule has 64 heavy (non-hydrogen) atoms. The molecule has 0 rings (SSSR count). The number of carbonyl (C=O) groups is 3. The van der Waals surface area contributed by atoms with E-state index in [1.165, 1.54) is 212 Å². The Kier molecular flexibility index (Phi) is 51.0. The van der Waals surface area contributed by atoms with Gasteiger partial charge in [0.05, 0.1) is 0 Å². The van der Waals surface area contributed by atoms with Crippen LogP contribution < -0.4 is 0 Å². The van der Waals surface area contributed by atoms with Crippen molar-refractivity contribution in [3.05, 3.63) is 0 Å². The van der Waals surface area contributed by atoms with Gasteiger partial charge in [-0.3, -0.25) is 0 Å². The van der Waals surface area contributed by atoms with E-state index in [1.807, 2.05) is 0 Å². The normalized spacial score (nSPS) is 11.6. The van der Waals surface area contributed by atoms with Gasteiger partial charge < -0.3 is 0 Å². The van der Waals surface area contributed by atoms with Crippen molar-refractivity contribution in [1.29, 1.82) is 0 Å². The van der Waals surface area contributed by atoms with Crippen molar-refractivity contribution in [3.8, 4) is 0 Å². The Hall–Kier alpha value is -0.791. The summed E-state index contributed by atoms with van der Waals surface area (Å²) in [5.74, 6) is -1.04. The van der Waals surface area contributed by atoms with Gasteiger partial charge in [0.25, 0.3) is 0 Å². The molecule has 0 amide bonds. The summed E-state index contributed by atoms with van der Waals surface area (Å²) in [6, 6.07) is 0. The maximum atomic E-state index is 13.5. The van der Waals surface area contributed by atoms with Gasteiger partial charge in [-0.1, -0.05) is 117 Å². The number of hydrogen-bond donors (Lipinski definition) is 0. The van der Waals surface area contributed by atoms with Crippen LogP contribution in [-0.2, 0) is 23.6 Å². The van der Waals surface area contributed by atoms with E-state index in [9.17, 15) is 14.4 Å². The zero-order chi connectivity index (χ0) is 46.7. The molecule has 0 atom stereocenters. The zero-order valence-electron chi connectivity index (χ0n) is 43.8. The molecule has 0 saturated carbocycles. The van der Waals surface area contributed by atoms with Crippen molar-refractivity contribution in [2.75, 3.05) is 0 Å². The SMILES string of the molecule is CCCCCCCCCCCCCCCCC(=O)[O][Sn]([CH2]CCCCC)([O]C(=O)CCCCCCCCCCCCCCCC)[O]C(=O)CCCCCCCCCCCCCCCC. The summed E-state index contributed by atoms with van der Waals surface area (Å²) in [6.07, 6.45) is 57.4. The average Bonchev–Trinajstić information content (AvgIpc) is 3.28. The number of rotatable bonds is 53. The summed E-state index contributed by atoms with van der Waals surface area (Å²) in [4.78, 5) is 40.4. The molecule has 0 aliphatic carbocycles. The maximum absolute atomic E-state index is 13.5. The fraction of sp³-hybridized carbons (Fsp3) is 0.947. The van der Waals surface area contributed by atoms with Crippen molar-refractivity contribution in [2.24, 2.45) is 0 Å². The predicted molar refractivity (Wildman–Crippen MR) is 278 cm³/mol. The molecule has 0 aromatic rings. The van der Waals surface area contributed by atoms with Crippen LogP contribution in [0, 0.1) is 0 Å². The second-order valence-corrected chi connectivity index (χ2v) is 27.0. The van der Waals surface area contributed by atoms with Crippen molar-refractivity contribution in [2.45, 2.75) is 347 Å². The van der Waals surface area contributed by atoms with E-state index in [-0.39, 0.29) is 17.9 Å². The molecule has 0 bridgehead atoms. The van der Waals surface area contributed by atoms with Gasteiger partial charge in [0.2, 0.25) is 0 Å². The monoisotopic (exact) mass is 1010 g/mol. The van der Waals surface area contributed by atoms with Crippen LogP contribution in [0.1, 0.15) is 342 Å². The molecule has 0 aromatic carbocycles. The summed E-state index contributed by atoms with van der Waals surface area (Å²) in [7, 11) is 0. The minimum absolute atomic E-state index is 0.290. The van der Waals surface area contributed by atoms with Gasteiger partial charge in [0, 0.05) is 0 Å². The van der Waals surface area contributed by atoms with E-state index in [1.54, 1.807) is 0 Å². The van der Waals surface area contributed by atoms with Gasteiger partial charge in [0.15, 0.2) is 0 Å². The van der Waals surface area contributed by atoms with Crippen LogP contribution in [0.4, 0.5) is 0 Å². The molecule has 7 heteroatoms. The number of unbranched alkanes of at least 4 members (excludes halogenated alkanes) is 42. The van der Waals surface area contributed by atoms with Crippen molar-refractivity contribution >= 4 is 37.5 Å². The van der Waals surface area contributed by atoms with E-state index in [4.69, 9.17) is 9.22 Å². The summed E-state index contributed by atoms with van der Waals surface area (Å²) in [5.41, 5.74) is 0. The fourth-order valence-electron chi connectivity index (χ4n) is 9.05. The first-order chi connectivity index (χ1) is 31.4. The van der Waals surface area contributed by atoms with Crippen molar-refractivity contribution in [1.82, 2.24) is 0 Å². The Labute approximate surface area is 405 Å².